The van der Waals surface area contributed by atoms with E-state index < -0.39 is 6.04 Å². The summed E-state index contributed by atoms with van der Waals surface area (Å²) in [4.78, 5) is 42.7. The van der Waals surface area contributed by atoms with Gasteiger partial charge in [0.15, 0.2) is 5.13 Å². The summed E-state index contributed by atoms with van der Waals surface area (Å²) >= 11 is 1.25. The average molecular weight is 402 g/mol. The van der Waals surface area contributed by atoms with Crippen LogP contribution in [0.5, 0.6) is 0 Å². The molecule has 9 heteroatoms. The first-order valence-electron chi connectivity index (χ1n) is 8.99. The van der Waals surface area contributed by atoms with E-state index in [4.69, 9.17) is 4.74 Å². The molecule has 3 amide bonds. The lowest BCUT2D eigenvalue weighted by Crippen LogP contribution is -2.50. The van der Waals surface area contributed by atoms with E-state index in [0.717, 1.165) is 0 Å². The van der Waals surface area contributed by atoms with Crippen LogP contribution in [0.15, 0.2) is 35.7 Å². The fourth-order valence-corrected chi connectivity index (χ4v) is 3.49. The molecule has 8 nitrogen and oxygen atoms in total. The summed E-state index contributed by atoms with van der Waals surface area (Å²) in [5, 5.41) is 7.57. The highest BCUT2D eigenvalue weighted by molar-refractivity contribution is 7.14. The maximum absolute atomic E-state index is 12.3. The van der Waals surface area contributed by atoms with Gasteiger partial charge in [-0.1, -0.05) is 18.2 Å². The molecule has 2 heterocycles. The number of morpholine rings is 1. The van der Waals surface area contributed by atoms with E-state index in [1.807, 2.05) is 6.07 Å². The molecule has 0 aliphatic carbocycles. The molecule has 1 aliphatic heterocycles. The molecule has 1 atom stereocenters. The van der Waals surface area contributed by atoms with Crippen molar-refractivity contribution in [1.29, 1.82) is 0 Å². The van der Waals surface area contributed by atoms with Crippen LogP contribution in [0.2, 0.25) is 0 Å². The number of amides is 3. The number of carbonyl (C=O) groups excluding carboxylic acids is 3. The first kappa shape index (κ1) is 20.0. The molecule has 1 aromatic carbocycles. The van der Waals surface area contributed by atoms with Gasteiger partial charge in [0.25, 0.3) is 5.91 Å². The Hall–Kier alpha value is -2.78. The molecule has 28 heavy (non-hydrogen) atoms. The molecular weight excluding hydrogens is 380 g/mol. The fraction of sp³-hybridized carbons (Fsp3) is 0.368. The first-order valence-corrected chi connectivity index (χ1v) is 9.87. The Kier molecular flexibility index (Phi) is 6.72. The Labute approximate surface area is 166 Å². The molecule has 0 radical (unpaired) electrons. The van der Waals surface area contributed by atoms with Crippen molar-refractivity contribution >= 4 is 34.2 Å². The summed E-state index contributed by atoms with van der Waals surface area (Å²) in [6, 6.07) is 8.22. The Morgan fingerprint density at radius 3 is 2.64 bits per heavy atom. The number of anilines is 1. The van der Waals surface area contributed by atoms with Gasteiger partial charge in [-0.05, 0) is 19.1 Å². The van der Waals surface area contributed by atoms with Gasteiger partial charge in [-0.2, -0.15) is 0 Å². The fourth-order valence-electron chi connectivity index (χ4n) is 2.78. The molecule has 1 fully saturated rings. The second-order valence-corrected chi connectivity index (χ2v) is 7.23. The van der Waals surface area contributed by atoms with Crippen LogP contribution in [0.1, 0.15) is 23.0 Å². The standard InChI is InChI=1S/C19H22N4O4S/c1-13(18(26)23-7-9-27-10-8-23)20-16(24)11-15-12-28-19(21-15)22-17(25)14-5-3-2-4-6-14/h2-6,12-13H,7-11H2,1H3,(H,20,24)(H,21,22,25). The van der Waals surface area contributed by atoms with Crippen molar-refractivity contribution in [2.45, 2.75) is 19.4 Å². The van der Waals surface area contributed by atoms with Crippen molar-refractivity contribution < 1.29 is 19.1 Å². The maximum atomic E-state index is 12.3. The van der Waals surface area contributed by atoms with Gasteiger partial charge in [-0.3, -0.25) is 19.7 Å². The first-order chi connectivity index (χ1) is 13.5. The van der Waals surface area contributed by atoms with Gasteiger partial charge in [0.1, 0.15) is 6.04 Å². The van der Waals surface area contributed by atoms with Crippen molar-refractivity contribution in [2.75, 3.05) is 31.6 Å². The largest absolute Gasteiger partial charge is 0.378 e. The van der Waals surface area contributed by atoms with Gasteiger partial charge < -0.3 is 15.0 Å². The van der Waals surface area contributed by atoms with Gasteiger partial charge >= 0.3 is 0 Å². The normalized spacial score (nSPS) is 15.0. The maximum Gasteiger partial charge on any atom is 0.257 e. The van der Waals surface area contributed by atoms with Gasteiger partial charge in [-0.25, -0.2) is 4.98 Å². The number of ether oxygens (including phenoxy) is 1. The number of hydrogen-bond acceptors (Lipinski definition) is 6. The molecule has 0 spiro atoms. The van der Waals surface area contributed by atoms with E-state index in [2.05, 4.69) is 15.6 Å². The summed E-state index contributed by atoms with van der Waals surface area (Å²) in [7, 11) is 0. The Morgan fingerprint density at radius 2 is 1.93 bits per heavy atom. The van der Waals surface area contributed by atoms with E-state index in [1.165, 1.54) is 11.3 Å². The smallest absolute Gasteiger partial charge is 0.257 e. The lowest BCUT2D eigenvalue weighted by Gasteiger charge is -2.29. The van der Waals surface area contributed by atoms with E-state index in [9.17, 15) is 14.4 Å². The lowest BCUT2D eigenvalue weighted by atomic mass is 10.2. The number of hydrogen-bond donors (Lipinski definition) is 2. The molecular formula is C19H22N4O4S. The third-order valence-electron chi connectivity index (χ3n) is 4.22. The van der Waals surface area contributed by atoms with Gasteiger partial charge in [-0.15, -0.1) is 11.3 Å². The molecule has 1 aromatic heterocycles. The molecule has 1 saturated heterocycles. The average Bonchev–Trinajstić information content (AvgIpc) is 3.15. The minimum atomic E-state index is -0.610. The summed E-state index contributed by atoms with van der Waals surface area (Å²) in [5.41, 5.74) is 1.07. The van der Waals surface area contributed by atoms with Crippen molar-refractivity contribution in [3.8, 4) is 0 Å². The van der Waals surface area contributed by atoms with E-state index in [1.54, 1.807) is 41.5 Å². The Morgan fingerprint density at radius 1 is 1.21 bits per heavy atom. The zero-order chi connectivity index (χ0) is 19.9. The van der Waals surface area contributed by atoms with Crippen molar-refractivity contribution in [1.82, 2.24) is 15.2 Å². The van der Waals surface area contributed by atoms with Crippen LogP contribution in [0.4, 0.5) is 5.13 Å². The molecule has 0 bridgehead atoms. The van der Waals surface area contributed by atoms with Gasteiger partial charge in [0.2, 0.25) is 11.8 Å². The summed E-state index contributed by atoms with van der Waals surface area (Å²) in [6.07, 6.45) is 0.0401. The topological polar surface area (TPSA) is 101 Å². The number of carbonyl (C=O) groups is 3. The summed E-state index contributed by atoms with van der Waals surface area (Å²) in [5.74, 6) is -0.665. The highest BCUT2D eigenvalue weighted by atomic mass is 32.1. The summed E-state index contributed by atoms with van der Waals surface area (Å²) < 4.78 is 5.23. The van der Waals surface area contributed by atoms with Crippen LogP contribution in [-0.2, 0) is 20.7 Å². The number of rotatable bonds is 6. The van der Waals surface area contributed by atoms with Crippen LogP contribution in [-0.4, -0.2) is 60.0 Å². The van der Waals surface area contributed by atoms with E-state index >= 15 is 0 Å². The van der Waals surface area contributed by atoms with Crippen LogP contribution in [0.25, 0.3) is 0 Å². The SMILES string of the molecule is CC(NC(=O)Cc1csc(NC(=O)c2ccccc2)n1)C(=O)N1CCOCC1. The highest BCUT2D eigenvalue weighted by Crippen LogP contribution is 2.17. The number of nitrogens with zero attached hydrogens (tertiary/aromatic N) is 2. The van der Waals surface area contributed by atoms with Crippen molar-refractivity contribution in [3.05, 3.63) is 47.0 Å². The zero-order valence-electron chi connectivity index (χ0n) is 15.5. The second-order valence-electron chi connectivity index (χ2n) is 6.37. The number of nitrogens with one attached hydrogen (secondary N) is 2. The lowest BCUT2D eigenvalue weighted by molar-refractivity contribution is -0.139. The molecule has 0 saturated carbocycles. The number of aromatic nitrogens is 1. The van der Waals surface area contributed by atoms with Gasteiger partial charge in [0, 0.05) is 24.0 Å². The van der Waals surface area contributed by atoms with Crippen molar-refractivity contribution in [2.24, 2.45) is 0 Å². The summed E-state index contributed by atoms with van der Waals surface area (Å²) in [6.45, 7) is 3.78. The molecule has 2 aromatic rings. The van der Waals surface area contributed by atoms with Crippen LogP contribution in [0.3, 0.4) is 0 Å². The predicted octanol–water partition coefficient (Wildman–Crippen LogP) is 1.30. The van der Waals surface area contributed by atoms with E-state index in [-0.39, 0.29) is 24.1 Å². The van der Waals surface area contributed by atoms with Gasteiger partial charge in [0.05, 0.1) is 25.3 Å². The molecule has 2 N–H and O–H groups in total. The molecule has 1 aliphatic rings. The van der Waals surface area contributed by atoms with Crippen LogP contribution < -0.4 is 10.6 Å². The quantitative estimate of drug-likeness (QED) is 0.759. The number of benzene rings is 1. The predicted molar refractivity (Wildman–Crippen MR) is 105 cm³/mol. The molecule has 1 unspecified atom stereocenters. The highest BCUT2D eigenvalue weighted by Gasteiger charge is 2.24. The van der Waals surface area contributed by atoms with Crippen LogP contribution >= 0.6 is 11.3 Å². The Balaban J connectivity index is 1.49. The monoisotopic (exact) mass is 402 g/mol. The van der Waals surface area contributed by atoms with E-state index in [0.29, 0.717) is 42.7 Å². The molecule has 3 rings (SSSR count). The number of thiazole rings is 1. The third-order valence-corrected chi connectivity index (χ3v) is 5.03. The van der Waals surface area contributed by atoms with Crippen LogP contribution in [0, 0.1) is 0 Å². The Bertz CT molecular complexity index is 833. The molecule has 148 valence electrons. The van der Waals surface area contributed by atoms with Crippen molar-refractivity contribution in [3.63, 3.8) is 0 Å². The second kappa shape index (κ2) is 9.43. The minimum absolute atomic E-state index is 0.0401. The third kappa shape index (κ3) is 5.37. The minimum Gasteiger partial charge on any atom is -0.378 e. The zero-order valence-corrected chi connectivity index (χ0v) is 16.3.